The van der Waals surface area contributed by atoms with Crippen LogP contribution in [0.25, 0.3) is 6.08 Å². The summed E-state index contributed by atoms with van der Waals surface area (Å²) in [5.74, 6) is 1.54. The van der Waals surface area contributed by atoms with Crippen LogP contribution in [-0.4, -0.2) is 26.0 Å². The second-order valence-corrected chi connectivity index (χ2v) is 7.00. The van der Waals surface area contributed by atoms with Crippen molar-refractivity contribution in [3.05, 3.63) is 94.6 Å². The molecule has 0 saturated carbocycles. The Morgan fingerprint density at radius 1 is 0.900 bits per heavy atom. The number of carbonyl (C=O) groups excluding carboxylic acids is 1. The average molecular weight is 419 g/mol. The van der Waals surface area contributed by atoms with Crippen LogP contribution in [-0.2, 0) is 4.79 Å². The van der Waals surface area contributed by atoms with Crippen LogP contribution in [0.3, 0.4) is 0 Å². The minimum absolute atomic E-state index is 0.207. The van der Waals surface area contributed by atoms with E-state index in [1.54, 1.807) is 43.4 Å². The zero-order chi connectivity index (χ0) is 21.1. The SMILES string of the molecule is COc1ccc(/C=C2\N=C(c3ccc(Cl)cc3)N(c3ccccc3)C2=O)cc1OC. The molecule has 30 heavy (non-hydrogen) atoms. The summed E-state index contributed by atoms with van der Waals surface area (Å²) in [5.41, 5.74) is 2.65. The van der Waals surface area contributed by atoms with E-state index in [0.29, 0.717) is 28.1 Å². The molecule has 3 aromatic carbocycles. The first-order valence-corrected chi connectivity index (χ1v) is 9.66. The van der Waals surface area contributed by atoms with Crippen LogP contribution >= 0.6 is 11.6 Å². The van der Waals surface area contributed by atoms with Crippen LogP contribution in [0.5, 0.6) is 11.5 Å². The first kappa shape index (κ1) is 19.7. The molecule has 0 radical (unpaired) electrons. The first-order valence-electron chi connectivity index (χ1n) is 9.28. The molecule has 0 spiro atoms. The Kier molecular flexibility index (Phi) is 5.55. The largest absolute Gasteiger partial charge is 0.493 e. The Labute approximate surface area is 179 Å². The highest BCUT2D eigenvalue weighted by Gasteiger charge is 2.32. The predicted molar refractivity (Wildman–Crippen MR) is 119 cm³/mol. The lowest BCUT2D eigenvalue weighted by molar-refractivity contribution is -0.113. The molecular weight excluding hydrogens is 400 g/mol. The molecular formula is C24H19ClN2O3. The van der Waals surface area contributed by atoms with Crippen molar-refractivity contribution >= 4 is 35.1 Å². The number of methoxy groups -OCH3 is 2. The van der Waals surface area contributed by atoms with Gasteiger partial charge in [0.15, 0.2) is 11.5 Å². The minimum Gasteiger partial charge on any atom is -0.493 e. The van der Waals surface area contributed by atoms with Gasteiger partial charge in [0.25, 0.3) is 5.91 Å². The van der Waals surface area contributed by atoms with Gasteiger partial charge in [0.2, 0.25) is 0 Å². The van der Waals surface area contributed by atoms with Gasteiger partial charge in [0, 0.05) is 10.6 Å². The highest BCUT2D eigenvalue weighted by atomic mass is 35.5. The molecule has 0 aliphatic carbocycles. The van der Waals surface area contributed by atoms with Crippen molar-refractivity contribution in [3.8, 4) is 11.5 Å². The standard InChI is InChI=1S/C24H19ClN2O3/c1-29-21-13-8-16(15-22(21)30-2)14-20-24(28)27(19-6-4-3-5-7-19)23(26-20)17-9-11-18(25)12-10-17/h3-15H,1-2H3/b20-14-. The van der Waals surface area contributed by atoms with Gasteiger partial charge < -0.3 is 9.47 Å². The maximum absolute atomic E-state index is 13.3. The lowest BCUT2D eigenvalue weighted by Crippen LogP contribution is -2.32. The van der Waals surface area contributed by atoms with Crippen molar-refractivity contribution < 1.29 is 14.3 Å². The van der Waals surface area contributed by atoms with E-state index in [4.69, 9.17) is 21.1 Å². The van der Waals surface area contributed by atoms with E-state index in [1.165, 1.54) is 0 Å². The molecule has 1 amide bonds. The second kappa shape index (κ2) is 8.43. The summed E-state index contributed by atoms with van der Waals surface area (Å²) in [6, 6.07) is 22.2. The fourth-order valence-electron chi connectivity index (χ4n) is 3.23. The van der Waals surface area contributed by atoms with Gasteiger partial charge in [0.1, 0.15) is 11.5 Å². The summed E-state index contributed by atoms with van der Waals surface area (Å²) in [6.07, 6.45) is 1.74. The monoisotopic (exact) mass is 418 g/mol. The molecule has 1 aliphatic rings. The van der Waals surface area contributed by atoms with Crippen molar-refractivity contribution in [2.24, 2.45) is 4.99 Å². The van der Waals surface area contributed by atoms with Crippen LogP contribution in [0.2, 0.25) is 5.02 Å². The molecule has 1 aliphatic heterocycles. The Morgan fingerprint density at radius 3 is 2.27 bits per heavy atom. The summed E-state index contributed by atoms with van der Waals surface area (Å²) >= 11 is 6.04. The van der Waals surface area contributed by atoms with Crippen molar-refractivity contribution in [1.29, 1.82) is 0 Å². The molecule has 0 N–H and O–H groups in total. The van der Waals surface area contributed by atoms with E-state index in [-0.39, 0.29) is 5.91 Å². The van der Waals surface area contributed by atoms with Crippen molar-refractivity contribution in [1.82, 2.24) is 0 Å². The number of aliphatic imine (C=N–C) groups is 1. The molecule has 6 heteroatoms. The van der Waals surface area contributed by atoms with Crippen molar-refractivity contribution in [2.45, 2.75) is 0 Å². The third-order valence-electron chi connectivity index (χ3n) is 4.69. The van der Waals surface area contributed by atoms with Gasteiger partial charge in [-0.1, -0.05) is 35.9 Å². The number of halogens is 1. The summed E-state index contributed by atoms with van der Waals surface area (Å²) < 4.78 is 10.6. The molecule has 5 nitrogen and oxygen atoms in total. The summed E-state index contributed by atoms with van der Waals surface area (Å²) in [6.45, 7) is 0. The van der Waals surface area contributed by atoms with E-state index >= 15 is 0 Å². The van der Waals surface area contributed by atoms with Gasteiger partial charge >= 0.3 is 0 Å². The first-order chi connectivity index (χ1) is 14.6. The number of rotatable bonds is 5. The Bertz CT molecular complexity index is 1140. The molecule has 0 unspecified atom stereocenters. The zero-order valence-corrected chi connectivity index (χ0v) is 17.3. The van der Waals surface area contributed by atoms with Crippen LogP contribution in [0.1, 0.15) is 11.1 Å². The summed E-state index contributed by atoms with van der Waals surface area (Å²) in [5, 5.41) is 0.621. The van der Waals surface area contributed by atoms with Gasteiger partial charge in [0.05, 0.1) is 19.9 Å². The quantitative estimate of drug-likeness (QED) is 0.535. The topological polar surface area (TPSA) is 51.1 Å². The lowest BCUT2D eigenvalue weighted by atomic mass is 10.1. The third-order valence-corrected chi connectivity index (χ3v) is 4.94. The Morgan fingerprint density at radius 2 is 1.60 bits per heavy atom. The van der Waals surface area contributed by atoms with E-state index in [0.717, 1.165) is 16.8 Å². The van der Waals surface area contributed by atoms with E-state index in [1.807, 2.05) is 54.6 Å². The molecule has 4 rings (SSSR count). The molecule has 0 atom stereocenters. The number of hydrogen-bond acceptors (Lipinski definition) is 4. The Balaban J connectivity index is 1.80. The van der Waals surface area contributed by atoms with Crippen molar-refractivity contribution in [2.75, 3.05) is 19.1 Å². The van der Waals surface area contributed by atoms with Gasteiger partial charge in [-0.15, -0.1) is 0 Å². The van der Waals surface area contributed by atoms with Gasteiger partial charge in [-0.25, -0.2) is 4.99 Å². The van der Waals surface area contributed by atoms with Gasteiger partial charge in [-0.05, 0) is 60.2 Å². The Hall–Kier alpha value is -3.57. The zero-order valence-electron chi connectivity index (χ0n) is 16.5. The average Bonchev–Trinajstić information content (AvgIpc) is 3.10. The third kappa shape index (κ3) is 3.80. The van der Waals surface area contributed by atoms with Crippen LogP contribution in [0.15, 0.2) is 83.5 Å². The number of hydrogen-bond donors (Lipinski definition) is 0. The smallest absolute Gasteiger partial charge is 0.282 e. The number of benzene rings is 3. The van der Waals surface area contributed by atoms with E-state index in [9.17, 15) is 4.79 Å². The number of nitrogens with zero attached hydrogens (tertiary/aromatic N) is 2. The minimum atomic E-state index is -0.207. The molecule has 3 aromatic rings. The summed E-state index contributed by atoms with van der Waals surface area (Å²) in [7, 11) is 3.15. The van der Waals surface area contributed by atoms with Crippen molar-refractivity contribution in [3.63, 3.8) is 0 Å². The van der Waals surface area contributed by atoms with Gasteiger partial charge in [-0.3, -0.25) is 9.69 Å². The number of amidine groups is 1. The fraction of sp³-hybridized carbons (Fsp3) is 0.0833. The number of carbonyl (C=O) groups is 1. The summed E-state index contributed by atoms with van der Waals surface area (Å²) in [4.78, 5) is 19.6. The highest BCUT2D eigenvalue weighted by Crippen LogP contribution is 2.31. The van der Waals surface area contributed by atoms with Crippen LogP contribution < -0.4 is 14.4 Å². The lowest BCUT2D eigenvalue weighted by Gasteiger charge is -2.18. The number of ether oxygens (including phenoxy) is 2. The highest BCUT2D eigenvalue weighted by molar-refractivity contribution is 6.34. The molecule has 0 aromatic heterocycles. The fourth-order valence-corrected chi connectivity index (χ4v) is 3.35. The molecule has 0 bridgehead atoms. The second-order valence-electron chi connectivity index (χ2n) is 6.56. The molecule has 0 fully saturated rings. The van der Waals surface area contributed by atoms with Gasteiger partial charge in [-0.2, -0.15) is 0 Å². The molecule has 150 valence electrons. The van der Waals surface area contributed by atoms with Crippen LogP contribution in [0, 0.1) is 0 Å². The number of amides is 1. The van der Waals surface area contributed by atoms with E-state index in [2.05, 4.69) is 4.99 Å². The molecule has 0 saturated heterocycles. The number of anilines is 1. The normalized spacial score (nSPS) is 14.8. The maximum Gasteiger partial charge on any atom is 0.282 e. The predicted octanol–water partition coefficient (Wildman–Crippen LogP) is 5.19. The molecule has 1 heterocycles. The maximum atomic E-state index is 13.3. The van der Waals surface area contributed by atoms with E-state index < -0.39 is 0 Å². The number of para-hydroxylation sites is 1. The van der Waals surface area contributed by atoms with Crippen LogP contribution in [0.4, 0.5) is 5.69 Å².